The lowest BCUT2D eigenvalue weighted by Crippen LogP contribution is -2.49. The summed E-state index contributed by atoms with van der Waals surface area (Å²) >= 11 is 0. The summed E-state index contributed by atoms with van der Waals surface area (Å²) in [6.45, 7) is 1.04. The number of carbonyl (C=O) groups is 3. The van der Waals surface area contributed by atoms with Gasteiger partial charge in [-0.25, -0.2) is 4.79 Å². The van der Waals surface area contributed by atoms with E-state index in [4.69, 9.17) is 14.6 Å². The molecule has 8 nitrogen and oxygen atoms in total. The smallest absolute Gasteiger partial charge is 0.471 e. The zero-order valence-electron chi connectivity index (χ0n) is 11.4. The van der Waals surface area contributed by atoms with Crippen molar-refractivity contribution in [3.63, 3.8) is 0 Å². The molecule has 1 saturated heterocycles. The SMILES string of the molecule is CC1(CC(=O)OC[C@H](NC(=O)C(F)(F)F)C(=O)O)OCCO1. The molecular formula is C11H14F3NO7. The zero-order valence-corrected chi connectivity index (χ0v) is 11.4. The Morgan fingerprint density at radius 1 is 1.32 bits per heavy atom. The summed E-state index contributed by atoms with van der Waals surface area (Å²) in [5.74, 6) is -6.36. The van der Waals surface area contributed by atoms with Crippen molar-refractivity contribution in [3.05, 3.63) is 0 Å². The van der Waals surface area contributed by atoms with E-state index >= 15 is 0 Å². The van der Waals surface area contributed by atoms with Crippen LogP contribution in [0.4, 0.5) is 13.2 Å². The van der Waals surface area contributed by atoms with Crippen LogP contribution in [0.3, 0.4) is 0 Å². The van der Waals surface area contributed by atoms with Gasteiger partial charge in [-0.1, -0.05) is 0 Å². The summed E-state index contributed by atoms with van der Waals surface area (Å²) in [6.07, 6.45) is -5.61. The number of alkyl halides is 3. The fourth-order valence-corrected chi connectivity index (χ4v) is 1.56. The molecule has 1 aliphatic heterocycles. The van der Waals surface area contributed by atoms with Gasteiger partial charge in [0.2, 0.25) is 0 Å². The molecule has 0 aliphatic carbocycles. The molecule has 0 aromatic carbocycles. The molecular weight excluding hydrogens is 315 g/mol. The predicted octanol–water partition coefficient (Wildman–Crippen LogP) is -0.186. The molecule has 1 rings (SSSR count). The number of carbonyl (C=O) groups excluding carboxylic acids is 2. The number of rotatable bonds is 6. The van der Waals surface area contributed by atoms with E-state index in [2.05, 4.69) is 4.74 Å². The highest BCUT2D eigenvalue weighted by Crippen LogP contribution is 2.22. The number of ether oxygens (including phenoxy) is 3. The highest BCUT2D eigenvalue weighted by molar-refractivity contribution is 5.87. The maximum atomic E-state index is 12.0. The Morgan fingerprint density at radius 3 is 2.32 bits per heavy atom. The molecule has 126 valence electrons. The van der Waals surface area contributed by atoms with E-state index in [0.29, 0.717) is 0 Å². The third-order valence-electron chi connectivity index (χ3n) is 2.64. The van der Waals surface area contributed by atoms with Gasteiger partial charge in [0.25, 0.3) is 0 Å². The first-order valence-electron chi connectivity index (χ1n) is 6.07. The third kappa shape index (κ3) is 5.48. The number of nitrogens with one attached hydrogen (secondary N) is 1. The van der Waals surface area contributed by atoms with E-state index in [1.807, 2.05) is 0 Å². The first kappa shape index (κ1) is 18.2. The van der Waals surface area contributed by atoms with Crippen LogP contribution in [0.1, 0.15) is 13.3 Å². The largest absolute Gasteiger partial charge is 0.480 e. The maximum absolute atomic E-state index is 12.0. The van der Waals surface area contributed by atoms with Crippen molar-refractivity contribution in [2.45, 2.75) is 31.3 Å². The summed E-state index contributed by atoms with van der Waals surface area (Å²) in [4.78, 5) is 32.9. The molecule has 1 amide bonds. The molecule has 1 atom stereocenters. The van der Waals surface area contributed by atoms with Crippen molar-refractivity contribution in [2.75, 3.05) is 19.8 Å². The topological polar surface area (TPSA) is 111 Å². The fourth-order valence-electron chi connectivity index (χ4n) is 1.56. The van der Waals surface area contributed by atoms with Crippen LogP contribution < -0.4 is 5.32 Å². The number of carboxylic acid groups (broad SMARTS) is 1. The van der Waals surface area contributed by atoms with Gasteiger partial charge in [0, 0.05) is 0 Å². The van der Waals surface area contributed by atoms with E-state index in [1.165, 1.54) is 12.2 Å². The van der Waals surface area contributed by atoms with Gasteiger partial charge >= 0.3 is 24.0 Å². The van der Waals surface area contributed by atoms with Crippen molar-refractivity contribution >= 4 is 17.8 Å². The Kier molecular flexibility index (Phi) is 5.72. The van der Waals surface area contributed by atoms with Crippen molar-refractivity contribution in [1.82, 2.24) is 5.32 Å². The number of amides is 1. The Bertz CT molecular complexity index is 445. The first-order valence-corrected chi connectivity index (χ1v) is 6.07. The van der Waals surface area contributed by atoms with Gasteiger partial charge in [0.15, 0.2) is 11.8 Å². The van der Waals surface area contributed by atoms with Crippen LogP contribution in [0.5, 0.6) is 0 Å². The minimum absolute atomic E-state index is 0.267. The highest BCUT2D eigenvalue weighted by atomic mass is 19.4. The molecule has 0 saturated carbocycles. The lowest BCUT2D eigenvalue weighted by molar-refractivity contribution is -0.179. The van der Waals surface area contributed by atoms with Gasteiger partial charge in [-0.15, -0.1) is 0 Å². The van der Waals surface area contributed by atoms with Crippen LogP contribution in [0, 0.1) is 0 Å². The van der Waals surface area contributed by atoms with Crippen LogP contribution in [-0.2, 0) is 28.6 Å². The van der Waals surface area contributed by atoms with Gasteiger partial charge in [-0.2, -0.15) is 13.2 Å². The summed E-state index contributed by atoms with van der Waals surface area (Å²) < 4.78 is 50.9. The quantitative estimate of drug-likeness (QED) is 0.650. The monoisotopic (exact) mass is 329 g/mol. The Hall–Kier alpha value is -1.88. The number of aliphatic carboxylic acids is 1. The van der Waals surface area contributed by atoms with Gasteiger partial charge < -0.3 is 24.6 Å². The van der Waals surface area contributed by atoms with Crippen LogP contribution in [0.2, 0.25) is 0 Å². The second-order valence-electron chi connectivity index (χ2n) is 4.55. The number of hydrogen-bond donors (Lipinski definition) is 2. The van der Waals surface area contributed by atoms with Crippen LogP contribution >= 0.6 is 0 Å². The fraction of sp³-hybridized carbons (Fsp3) is 0.727. The molecule has 22 heavy (non-hydrogen) atoms. The number of hydrogen-bond acceptors (Lipinski definition) is 6. The van der Waals surface area contributed by atoms with E-state index in [-0.39, 0.29) is 19.6 Å². The lowest BCUT2D eigenvalue weighted by atomic mass is 10.2. The molecule has 0 bridgehead atoms. The second-order valence-corrected chi connectivity index (χ2v) is 4.55. The maximum Gasteiger partial charge on any atom is 0.471 e. The van der Waals surface area contributed by atoms with E-state index in [9.17, 15) is 27.6 Å². The molecule has 0 aromatic rings. The molecule has 0 radical (unpaired) electrons. The summed E-state index contributed by atoms with van der Waals surface area (Å²) in [7, 11) is 0. The molecule has 11 heteroatoms. The number of esters is 1. The van der Waals surface area contributed by atoms with Crippen molar-refractivity contribution < 1.29 is 46.9 Å². The molecule has 0 spiro atoms. The van der Waals surface area contributed by atoms with Gasteiger partial charge in [-0.05, 0) is 6.92 Å². The average Bonchev–Trinajstić information content (AvgIpc) is 2.78. The lowest BCUT2D eigenvalue weighted by Gasteiger charge is -2.21. The zero-order chi connectivity index (χ0) is 17.0. The van der Waals surface area contributed by atoms with Gasteiger partial charge in [0.05, 0.1) is 19.6 Å². The van der Waals surface area contributed by atoms with Gasteiger partial charge in [0.1, 0.15) is 6.61 Å². The molecule has 1 aliphatic rings. The molecule has 0 aromatic heterocycles. The standard InChI is InChI=1S/C11H14F3NO7/c1-10(21-2-3-22-10)4-7(16)20-5-6(8(17)18)15-9(19)11(12,13)14/h6H,2-5H2,1H3,(H,15,19)(H,17,18)/t6-/m0/s1. The summed E-state index contributed by atoms with van der Waals surface area (Å²) in [5, 5.41) is 9.92. The van der Waals surface area contributed by atoms with Gasteiger partial charge in [-0.3, -0.25) is 9.59 Å². The Morgan fingerprint density at radius 2 is 1.86 bits per heavy atom. The minimum Gasteiger partial charge on any atom is -0.480 e. The van der Waals surface area contributed by atoms with E-state index in [0.717, 1.165) is 0 Å². The van der Waals surface area contributed by atoms with Crippen LogP contribution in [0.25, 0.3) is 0 Å². The second kappa shape index (κ2) is 6.92. The Labute approximate surface area is 122 Å². The van der Waals surface area contributed by atoms with Crippen LogP contribution in [-0.4, -0.2) is 60.8 Å². The Balaban J connectivity index is 2.49. The van der Waals surface area contributed by atoms with Crippen molar-refractivity contribution in [2.24, 2.45) is 0 Å². The minimum atomic E-state index is -5.24. The predicted molar refractivity (Wildman–Crippen MR) is 61.5 cm³/mol. The first-order chi connectivity index (χ1) is 10.0. The highest BCUT2D eigenvalue weighted by Gasteiger charge is 2.41. The van der Waals surface area contributed by atoms with Crippen molar-refractivity contribution in [1.29, 1.82) is 0 Å². The van der Waals surface area contributed by atoms with Crippen molar-refractivity contribution in [3.8, 4) is 0 Å². The molecule has 1 heterocycles. The third-order valence-corrected chi connectivity index (χ3v) is 2.64. The number of carboxylic acids is 1. The average molecular weight is 329 g/mol. The van der Waals surface area contributed by atoms with E-state index in [1.54, 1.807) is 0 Å². The molecule has 2 N–H and O–H groups in total. The number of halogens is 3. The van der Waals surface area contributed by atoms with Crippen LogP contribution in [0.15, 0.2) is 0 Å². The van der Waals surface area contributed by atoms with E-state index < -0.39 is 42.5 Å². The summed E-state index contributed by atoms with van der Waals surface area (Å²) in [5.41, 5.74) is 0. The molecule has 1 fully saturated rings. The normalized spacial score (nSPS) is 18.5. The molecule has 0 unspecified atom stereocenters. The summed E-state index contributed by atoms with van der Waals surface area (Å²) in [6, 6.07) is -2.02.